The SMILES string of the molecule is c1ccc(-c2ccc3c(c2)oc2c3c3sc4cc(-c5ccccc5)ccc4c3n2-c2cccc(-c3ccc4sc5ccccc5c4c3)c2)cc1. The number of thiophene rings is 2. The van der Waals surface area contributed by atoms with Crippen molar-refractivity contribution in [3.63, 3.8) is 0 Å². The Morgan fingerprint density at radius 3 is 1.86 bits per heavy atom. The van der Waals surface area contributed by atoms with Gasteiger partial charge in [0.05, 0.1) is 15.6 Å². The average Bonchev–Trinajstić information content (AvgIpc) is 3.92. The number of aromatic nitrogens is 1. The second kappa shape index (κ2) is 10.8. The van der Waals surface area contributed by atoms with Gasteiger partial charge in [0.25, 0.3) is 0 Å². The molecule has 0 aliphatic carbocycles. The Morgan fingerprint density at radius 1 is 0.400 bits per heavy atom. The molecular formula is C46H27NOS2. The van der Waals surface area contributed by atoms with Crippen molar-refractivity contribution in [3.8, 4) is 39.1 Å². The number of fused-ring (bicyclic) bond motifs is 10. The van der Waals surface area contributed by atoms with Gasteiger partial charge in [0.2, 0.25) is 5.71 Å². The minimum Gasteiger partial charge on any atom is -0.439 e. The highest BCUT2D eigenvalue weighted by Gasteiger charge is 2.24. The maximum absolute atomic E-state index is 6.90. The quantitative estimate of drug-likeness (QED) is 0.182. The van der Waals surface area contributed by atoms with Gasteiger partial charge in [0, 0.05) is 41.3 Å². The summed E-state index contributed by atoms with van der Waals surface area (Å²) >= 11 is 3.72. The summed E-state index contributed by atoms with van der Waals surface area (Å²) in [5.41, 5.74) is 11.3. The van der Waals surface area contributed by atoms with Gasteiger partial charge in [-0.3, -0.25) is 4.57 Å². The number of nitrogens with zero attached hydrogens (tertiary/aromatic N) is 1. The van der Waals surface area contributed by atoms with E-state index in [1.54, 1.807) is 0 Å². The number of furan rings is 1. The lowest BCUT2D eigenvalue weighted by Crippen LogP contribution is -1.93. The second-order valence-corrected chi connectivity index (χ2v) is 15.0. The van der Waals surface area contributed by atoms with Crippen molar-refractivity contribution in [3.05, 3.63) is 164 Å². The van der Waals surface area contributed by atoms with E-state index in [-0.39, 0.29) is 0 Å². The summed E-state index contributed by atoms with van der Waals surface area (Å²) in [5.74, 6) is 0. The highest BCUT2D eigenvalue weighted by molar-refractivity contribution is 7.27. The number of hydrogen-bond acceptors (Lipinski definition) is 3. The zero-order valence-electron chi connectivity index (χ0n) is 26.8. The van der Waals surface area contributed by atoms with E-state index in [1.807, 2.05) is 22.7 Å². The van der Waals surface area contributed by atoms with Gasteiger partial charge in [-0.05, 0) is 81.9 Å². The van der Waals surface area contributed by atoms with Crippen molar-refractivity contribution >= 4 is 85.2 Å². The van der Waals surface area contributed by atoms with Gasteiger partial charge in [-0.25, -0.2) is 0 Å². The van der Waals surface area contributed by atoms with Gasteiger partial charge in [-0.2, -0.15) is 0 Å². The molecule has 50 heavy (non-hydrogen) atoms. The summed E-state index contributed by atoms with van der Waals surface area (Å²) < 4.78 is 14.4. The Balaban J connectivity index is 1.16. The van der Waals surface area contributed by atoms with Crippen LogP contribution in [0.2, 0.25) is 0 Å². The summed E-state index contributed by atoms with van der Waals surface area (Å²) in [6, 6.07) is 59.3. The largest absolute Gasteiger partial charge is 0.439 e. The molecule has 11 aromatic rings. The van der Waals surface area contributed by atoms with Crippen LogP contribution in [0.25, 0.3) is 102 Å². The Kier molecular flexibility index (Phi) is 6.03. The van der Waals surface area contributed by atoms with Crippen LogP contribution in [0.1, 0.15) is 0 Å². The molecule has 0 saturated heterocycles. The van der Waals surface area contributed by atoms with Crippen molar-refractivity contribution in [2.24, 2.45) is 0 Å². The van der Waals surface area contributed by atoms with Crippen LogP contribution in [0, 0.1) is 0 Å². The monoisotopic (exact) mass is 673 g/mol. The van der Waals surface area contributed by atoms with Gasteiger partial charge < -0.3 is 4.42 Å². The molecule has 0 saturated carbocycles. The first kappa shape index (κ1) is 28.0. The predicted octanol–water partition coefficient (Wildman–Crippen LogP) is 14.1. The average molecular weight is 674 g/mol. The molecule has 0 N–H and O–H groups in total. The standard InChI is InChI=1S/C46H27NOS2/c1-3-10-28(11-4-1)32-18-21-36-39(26-32)48-46-43(36)45-44(37-22-19-33(27-42(37)50-45)29-12-5-2-6-13-29)47(46)34-15-9-14-30(24-34)31-20-23-41-38(25-31)35-16-7-8-17-40(35)49-41/h1-27H. The summed E-state index contributed by atoms with van der Waals surface area (Å²) in [6.07, 6.45) is 0. The lowest BCUT2D eigenvalue weighted by molar-refractivity contribution is 0.646. The van der Waals surface area contributed by atoms with Gasteiger partial charge in [-0.1, -0.05) is 115 Å². The van der Waals surface area contributed by atoms with Crippen molar-refractivity contribution < 1.29 is 4.42 Å². The van der Waals surface area contributed by atoms with Gasteiger partial charge in [-0.15, -0.1) is 22.7 Å². The fraction of sp³-hybridized carbons (Fsp3) is 0. The molecule has 0 bridgehead atoms. The van der Waals surface area contributed by atoms with Gasteiger partial charge in [0.15, 0.2) is 0 Å². The molecule has 0 radical (unpaired) electrons. The van der Waals surface area contributed by atoms with Crippen molar-refractivity contribution in [1.82, 2.24) is 4.57 Å². The molecular weight excluding hydrogens is 647 g/mol. The van der Waals surface area contributed by atoms with Crippen LogP contribution in [0.3, 0.4) is 0 Å². The second-order valence-electron chi connectivity index (χ2n) is 12.9. The van der Waals surface area contributed by atoms with E-state index in [4.69, 9.17) is 4.42 Å². The van der Waals surface area contributed by atoms with E-state index in [1.165, 1.54) is 73.7 Å². The van der Waals surface area contributed by atoms with E-state index >= 15 is 0 Å². The van der Waals surface area contributed by atoms with Crippen molar-refractivity contribution in [2.75, 3.05) is 0 Å². The van der Waals surface area contributed by atoms with Crippen LogP contribution in [0.15, 0.2) is 168 Å². The van der Waals surface area contributed by atoms with E-state index in [2.05, 4.69) is 168 Å². The lowest BCUT2D eigenvalue weighted by atomic mass is 10.0. The molecule has 0 aliphatic heterocycles. The molecule has 2 nitrogen and oxygen atoms in total. The lowest BCUT2D eigenvalue weighted by Gasteiger charge is -2.10. The minimum absolute atomic E-state index is 0.886. The normalized spacial score (nSPS) is 12.0. The Bertz CT molecular complexity index is 3090. The number of rotatable bonds is 4. The third-order valence-electron chi connectivity index (χ3n) is 10.0. The number of benzene rings is 7. The van der Waals surface area contributed by atoms with Crippen LogP contribution in [0.5, 0.6) is 0 Å². The summed E-state index contributed by atoms with van der Waals surface area (Å²) in [4.78, 5) is 0. The zero-order chi connectivity index (χ0) is 32.8. The zero-order valence-corrected chi connectivity index (χ0v) is 28.4. The fourth-order valence-electron chi connectivity index (χ4n) is 7.63. The molecule has 0 aliphatic rings. The molecule has 0 spiro atoms. The van der Waals surface area contributed by atoms with Crippen LogP contribution in [0.4, 0.5) is 0 Å². The Hall–Kier alpha value is -5.94. The summed E-state index contributed by atoms with van der Waals surface area (Å²) in [5, 5.41) is 6.18. The van der Waals surface area contributed by atoms with Crippen LogP contribution in [-0.4, -0.2) is 4.57 Å². The molecule has 234 valence electrons. The Morgan fingerprint density at radius 2 is 1.04 bits per heavy atom. The van der Waals surface area contributed by atoms with Crippen molar-refractivity contribution in [2.45, 2.75) is 0 Å². The molecule has 4 heterocycles. The first-order valence-corrected chi connectivity index (χ1v) is 18.5. The minimum atomic E-state index is 0.886. The molecule has 7 aromatic carbocycles. The third kappa shape index (κ3) is 4.19. The van der Waals surface area contributed by atoms with E-state index in [0.29, 0.717) is 0 Å². The van der Waals surface area contributed by atoms with E-state index < -0.39 is 0 Å². The first-order valence-electron chi connectivity index (χ1n) is 16.8. The Labute approximate surface area is 295 Å². The first-order chi connectivity index (χ1) is 24.8. The highest BCUT2D eigenvalue weighted by Crippen LogP contribution is 2.47. The maximum atomic E-state index is 6.90. The highest BCUT2D eigenvalue weighted by atomic mass is 32.1. The molecule has 11 rings (SSSR count). The van der Waals surface area contributed by atoms with E-state index in [0.717, 1.165) is 27.9 Å². The molecule has 0 fully saturated rings. The molecule has 0 unspecified atom stereocenters. The summed E-state index contributed by atoms with van der Waals surface area (Å²) in [7, 11) is 0. The molecule has 4 heteroatoms. The third-order valence-corrected chi connectivity index (χ3v) is 12.3. The van der Waals surface area contributed by atoms with Gasteiger partial charge in [0.1, 0.15) is 5.58 Å². The molecule has 4 aromatic heterocycles. The fourth-order valence-corrected chi connectivity index (χ4v) is 10.00. The number of hydrogen-bond donors (Lipinski definition) is 0. The van der Waals surface area contributed by atoms with E-state index in [9.17, 15) is 0 Å². The van der Waals surface area contributed by atoms with Crippen molar-refractivity contribution in [1.29, 1.82) is 0 Å². The van der Waals surface area contributed by atoms with Crippen LogP contribution >= 0.6 is 22.7 Å². The van der Waals surface area contributed by atoms with Crippen LogP contribution < -0.4 is 0 Å². The summed E-state index contributed by atoms with van der Waals surface area (Å²) in [6.45, 7) is 0. The van der Waals surface area contributed by atoms with Gasteiger partial charge >= 0.3 is 0 Å². The maximum Gasteiger partial charge on any atom is 0.214 e. The molecule has 0 amide bonds. The van der Waals surface area contributed by atoms with Crippen LogP contribution in [-0.2, 0) is 0 Å². The smallest absolute Gasteiger partial charge is 0.214 e. The predicted molar refractivity (Wildman–Crippen MR) is 215 cm³/mol. The molecule has 0 atom stereocenters. The topological polar surface area (TPSA) is 18.1 Å².